The Hall–Kier alpha value is -2.44. The minimum absolute atomic E-state index is 0.299. The minimum atomic E-state index is -3.52. The molecule has 0 unspecified atom stereocenters. The summed E-state index contributed by atoms with van der Waals surface area (Å²) in [5.41, 5.74) is 2.74. The third-order valence-corrected chi connectivity index (χ3v) is 5.72. The molecule has 0 aliphatic carbocycles. The van der Waals surface area contributed by atoms with E-state index in [9.17, 15) is 8.42 Å². The first-order valence-electron chi connectivity index (χ1n) is 8.12. The van der Waals surface area contributed by atoms with Crippen LogP contribution in [0.15, 0.2) is 65.7 Å². The predicted molar refractivity (Wildman–Crippen MR) is 98.8 cm³/mol. The van der Waals surface area contributed by atoms with Gasteiger partial charge < -0.3 is 4.57 Å². The van der Waals surface area contributed by atoms with E-state index in [2.05, 4.69) is 9.71 Å². The Labute approximate surface area is 148 Å². The minimum Gasteiger partial charge on any atom is -0.327 e. The maximum absolute atomic E-state index is 12.5. The van der Waals surface area contributed by atoms with Gasteiger partial charge in [-0.15, -0.1) is 0 Å². The lowest BCUT2D eigenvalue weighted by Crippen LogP contribution is -2.28. The van der Waals surface area contributed by atoms with Crippen LogP contribution in [0.1, 0.15) is 11.3 Å². The van der Waals surface area contributed by atoms with Gasteiger partial charge in [0.2, 0.25) is 10.0 Å². The second kappa shape index (κ2) is 7.21. The van der Waals surface area contributed by atoms with Crippen molar-refractivity contribution in [2.24, 2.45) is 0 Å². The molecular formula is C19H21N3O2S. The van der Waals surface area contributed by atoms with Gasteiger partial charge in [-0.1, -0.05) is 48.5 Å². The molecule has 130 valence electrons. The van der Waals surface area contributed by atoms with E-state index in [0.29, 0.717) is 18.0 Å². The van der Waals surface area contributed by atoms with Crippen molar-refractivity contribution >= 4 is 10.0 Å². The summed E-state index contributed by atoms with van der Waals surface area (Å²) in [5.74, 6) is 0.841. The summed E-state index contributed by atoms with van der Waals surface area (Å²) in [6, 6.07) is 16.8. The number of nitrogens with zero attached hydrogens (tertiary/aromatic N) is 2. The zero-order valence-electron chi connectivity index (χ0n) is 14.3. The van der Waals surface area contributed by atoms with Gasteiger partial charge in [0.25, 0.3) is 0 Å². The molecule has 0 fully saturated rings. The lowest BCUT2D eigenvalue weighted by molar-refractivity contribution is 0.571. The van der Waals surface area contributed by atoms with Crippen molar-refractivity contribution in [3.63, 3.8) is 0 Å². The van der Waals surface area contributed by atoms with Gasteiger partial charge >= 0.3 is 0 Å². The first-order chi connectivity index (χ1) is 12.0. The largest absolute Gasteiger partial charge is 0.327 e. The van der Waals surface area contributed by atoms with Crippen LogP contribution in [0, 0.1) is 13.8 Å². The average molecular weight is 355 g/mol. The Morgan fingerprint density at radius 1 is 1.00 bits per heavy atom. The van der Waals surface area contributed by atoms with Gasteiger partial charge in [-0.25, -0.2) is 18.1 Å². The molecule has 1 heterocycles. The molecule has 0 aliphatic heterocycles. The van der Waals surface area contributed by atoms with Gasteiger partial charge in [0.15, 0.2) is 0 Å². The van der Waals surface area contributed by atoms with E-state index >= 15 is 0 Å². The van der Waals surface area contributed by atoms with Crippen LogP contribution in [0.3, 0.4) is 0 Å². The second-order valence-electron chi connectivity index (χ2n) is 5.90. The zero-order chi connectivity index (χ0) is 17.9. The maximum atomic E-state index is 12.5. The van der Waals surface area contributed by atoms with Crippen LogP contribution in [0.2, 0.25) is 0 Å². The Morgan fingerprint density at radius 2 is 1.68 bits per heavy atom. The van der Waals surface area contributed by atoms with Crippen molar-refractivity contribution in [1.29, 1.82) is 0 Å². The number of benzene rings is 2. The molecular weight excluding hydrogens is 334 g/mol. The second-order valence-corrected chi connectivity index (χ2v) is 7.64. The lowest BCUT2D eigenvalue weighted by atomic mass is 10.2. The van der Waals surface area contributed by atoms with Crippen LogP contribution in [-0.4, -0.2) is 24.5 Å². The van der Waals surface area contributed by atoms with Gasteiger partial charge in [-0.2, -0.15) is 0 Å². The summed E-state index contributed by atoms with van der Waals surface area (Å²) in [4.78, 5) is 4.78. The molecule has 2 aromatic carbocycles. The van der Waals surface area contributed by atoms with Crippen LogP contribution >= 0.6 is 0 Å². The van der Waals surface area contributed by atoms with Gasteiger partial charge in [0.1, 0.15) is 5.82 Å². The molecule has 0 radical (unpaired) electrons. The number of sulfonamides is 1. The predicted octanol–water partition coefficient (Wildman–Crippen LogP) is 3.15. The first kappa shape index (κ1) is 17.4. The average Bonchev–Trinajstić information content (AvgIpc) is 2.97. The third-order valence-electron chi connectivity index (χ3n) is 4.10. The number of rotatable bonds is 6. The Kier molecular flexibility index (Phi) is 5.01. The van der Waals surface area contributed by atoms with Crippen LogP contribution < -0.4 is 4.72 Å². The molecule has 0 spiro atoms. The molecule has 5 nitrogen and oxygen atoms in total. The first-order valence-corrected chi connectivity index (χ1v) is 9.60. The number of nitrogens with one attached hydrogen (secondary N) is 1. The number of hydrogen-bond donors (Lipinski definition) is 1. The highest BCUT2D eigenvalue weighted by Crippen LogP contribution is 2.19. The third kappa shape index (κ3) is 3.81. The van der Waals surface area contributed by atoms with Gasteiger partial charge in [0.05, 0.1) is 4.90 Å². The summed E-state index contributed by atoms with van der Waals surface area (Å²) < 4.78 is 29.7. The maximum Gasteiger partial charge on any atom is 0.240 e. The highest BCUT2D eigenvalue weighted by molar-refractivity contribution is 7.89. The van der Waals surface area contributed by atoms with Crippen molar-refractivity contribution in [3.05, 3.63) is 72.1 Å². The Morgan fingerprint density at radius 3 is 2.40 bits per heavy atom. The van der Waals surface area contributed by atoms with Crippen molar-refractivity contribution < 1.29 is 8.42 Å². The number of aryl methyl sites for hydroxylation is 2. The van der Waals surface area contributed by atoms with E-state index in [-0.39, 0.29) is 0 Å². The molecule has 0 saturated carbocycles. The van der Waals surface area contributed by atoms with E-state index < -0.39 is 10.0 Å². The van der Waals surface area contributed by atoms with Crippen molar-refractivity contribution in [3.8, 4) is 11.4 Å². The molecule has 0 bridgehead atoms. The zero-order valence-corrected chi connectivity index (χ0v) is 15.1. The molecule has 0 atom stereocenters. The molecule has 6 heteroatoms. The smallest absolute Gasteiger partial charge is 0.240 e. The molecule has 25 heavy (non-hydrogen) atoms. The van der Waals surface area contributed by atoms with Gasteiger partial charge in [-0.3, -0.25) is 0 Å². The Bertz CT molecular complexity index is 963. The summed E-state index contributed by atoms with van der Waals surface area (Å²) in [6.45, 7) is 4.58. The number of aromatic nitrogens is 2. The number of imidazole rings is 1. The molecule has 1 aromatic heterocycles. The van der Waals surface area contributed by atoms with E-state index in [1.54, 1.807) is 31.3 Å². The molecule has 0 amide bonds. The summed E-state index contributed by atoms with van der Waals surface area (Å²) >= 11 is 0. The highest BCUT2D eigenvalue weighted by atomic mass is 32.2. The monoisotopic (exact) mass is 355 g/mol. The van der Waals surface area contributed by atoms with E-state index in [0.717, 1.165) is 22.6 Å². The van der Waals surface area contributed by atoms with E-state index in [1.165, 1.54) is 0 Å². The van der Waals surface area contributed by atoms with Crippen LogP contribution in [-0.2, 0) is 16.6 Å². The molecule has 3 aromatic rings. The quantitative estimate of drug-likeness (QED) is 0.739. The standard InChI is InChI=1S/C19H21N3O2S/c1-15-8-6-7-11-18(15)25(23,24)21-12-13-22-16(2)14-20-19(22)17-9-4-3-5-10-17/h3-11,14,21H,12-13H2,1-2H3. The SMILES string of the molecule is Cc1ccccc1S(=O)(=O)NCCn1c(C)cnc1-c1ccccc1. The van der Waals surface area contributed by atoms with Crippen LogP contribution in [0.4, 0.5) is 0 Å². The highest BCUT2D eigenvalue weighted by Gasteiger charge is 2.16. The number of hydrogen-bond acceptors (Lipinski definition) is 3. The fourth-order valence-electron chi connectivity index (χ4n) is 2.79. The van der Waals surface area contributed by atoms with Crippen LogP contribution in [0.5, 0.6) is 0 Å². The molecule has 1 N–H and O–H groups in total. The molecule has 0 saturated heterocycles. The lowest BCUT2D eigenvalue weighted by Gasteiger charge is -2.12. The van der Waals surface area contributed by atoms with E-state index in [1.807, 2.05) is 47.9 Å². The normalized spacial score (nSPS) is 11.6. The van der Waals surface area contributed by atoms with Crippen molar-refractivity contribution in [2.45, 2.75) is 25.3 Å². The summed E-state index contributed by atoms with van der Waals surface area (Å²) in [5, 5.41) is 0. The fraction of sp³-hybridized carbons (Fsp3) is 0.211. The fourth-order valence-corrected chi connectivity index (χ4v) is 4.05. The van der Waals surface area contributed by atoms with Crippen molar-refractivity contribution in [1.82, 2.24) is 14.3 Å². The molecule has 3 rings (SSSR count). The van der Waals surface area contributed by atoms with Gasteiger partial charge in [-0.05, 0) is 25.5 Å². The Balaban J connectivity index is 1.75. The summed E-state index contributed by atoms with van der Waals surface area (Å²) in [6.07, 6.45) is 1.80. The topological polar surface area (TPSA) is 64.0 Å². The molecule has 0 aliphatic rings. The summed E-state index contributed by atoms with van der Waals surface area (Å²) in [7, 11) is -3.52. The van der Waals surface area contributed by atoms with E-state index in [4.69, 9.17) is 0 Å². The van der Waals surface area contributed by atoms with Crippen LogP contribution in [0.25, 0.3) is 11.4 Å². The van der Waals surface area contributed by atoms with Gasteiger partial charge in [0, 0.05) is 30.5 Å². The van der Waals surface area contributed by atoms with Crippen molar-refractivity contribution in [2.75, 3.05) is 6.54 Å².